The van der Waals surface area contributed by atoms with Gasteiger partial charge in [0.05, 0.1) is 11.7 Å². The van der Waals surface area contributed by atoms with Crippen LogP contribution in [-0.4, -0.2) is 21.2 Å². The zero-order valence-corrected chi connectivity index (χ0v) is 10.9. The van der Waals surface area contributed by atoms with Gasteiger partial charge in [-0.2, -0.15) is 0 Å². The molecule has 6 heteroatoms. The summed E-state index contributed by atoms with van der Waals surface area (Å²) in [6.07, 6.45) is 0. The van der Waals surface area contributed by atoms with E-state index in [0.717, 1.165) is 17.3 Å². The van der Waals surface area contributed by atoms with Gasteiger partial charge in [0.2, 0.25) is 0 Å². The van der Waals surface area contributed by atoms with Gasteiger partial charge in [-0.1, -0.05) is 42.1 Å². The number of carbonyl (C=O) groups excluding carboxylic acids is 1. The first-order chi connectivity index (χ1) is 9.06. The van der Waals surface area contributed by atoms with E-state index in [1.54, 1.807) is 0 Å². The molecule has 0 fully saturated rings. The summed E-state index contributed by atoms with van der Waals surface area (Å²) in [5.74, 6) is -1.20. The van der Waals surface area contributed by atoms with Gasteiger partial charge in [-0.25, -0.2) is 4.98 Å². The number of aromatic amines is 1. The van der Waals surface area contributed by atoms with Crippen molar-refractivity contribution in [3.05, 3.63) is 46.8 Å². The number of rotatable bonds is 4. The molecule has 0 bridgehead atoms. The molecule has 0 amide bonds. The van der Waals surface area contributed by atoms with E-state index in [2.05, 4.69) is 9.97 Å². The summed E-state index contributed by atoms with van der Waals surface area (Å²) in [6.45, 7) is 1.48. The summed E-state index contributed by atoms with van der Waals surface area (Å²) >= 11 is 0.946. The normalized spacial score (nSPS) is 12.1. The van der Waals surface area contributed by atoms with Gasteiger partial charge in [-0.3, -0.25) is 4.79 Å². The lowest BCUT2D eigenvalue weighted by molar-refractivity contribution is -0.304. The maximum atomic E-state index is 11.6. The van der Waals surface area contributed by atoms with E-state index < -0.39 is 11.2 Å². The van der Waals surface area contributed by atoms with Crippen molar-refractivity contribution in [1.29, 1.82) is 0 Å². The number of carboxylic acid groups (broad SMARTS) is 1. The SMILES string of the molecule is C[C@@H](Sc1nc(-c2ccccc2)cc(=O)[nH]1)C(=O)[O-]. The predicted octanol–water partition coefficient (Wildman–Crippen LogP) is 0.667. The van der Waals surface area contributed by atoms with Gasteiger partial charge < -0.3 is 14.9 Å². The zero-order valence-electron chi connectivity index (χ0n) is 10.1. The Balaban J connectivity index is 2.35. The summed E-state index contributed by atoms with van der Waals surface area (Å²) in [5, 5.41) is 10.2. The van der Waals surface area contributed by atoms with Crippen molar-refractivity contribution in [1.82, 2.24) is 9.97 Å². The number of H-pyrrole nitrogens is 1. The lowest BCUT2D eigenvalue weighted by atomic mass is 10.1. The molecule has 1 N–H and O–H groups in total. The monoisotopic (exact) mass is 275 g/mol. The number of nitrogens with zero attached hydrogens (tertiary/aromatic N) is 1. The summed E-state index contributed by atoms with van der Waals surface area (Å²) in [4.78, 5) is 29.0. The first kappa shape index (κ1) is 13.4. The number of aliphatic carboxylic acids is 1. The predicted molar refractivity (Wildman–Crippen MR) is 70.6 cm³/mol. The third-order valence-electron chi connectivity index (χ3n) is 2.41. The molecule has 0 saturated carbocycles. The zero-order chi connectivity index (χ0) is 13.8. The number of nitrogens with one attached hydrogen (secondary N) is 1. The minimum absolute atomic E-state index is 0.267. The van der Waals surface area contributed by atoms with Crippen molar-refractivity contribution in [3.63, 3.8) is 0 Å². The Kier molecular flexibility index (Phi) is 4.01. The number of hydrogen-bond donors (Lipinski definition) is 1. The molecule has 1 aromatic heterocycles. The Hall–Kier alpha value is -2.08. The Bertz CT molecular complexity index is 640. The molecule has 98 valence electrons. The van der Waals surface area contributed by atoms with E-state index in [1.165, 1.54) is 13.0 Å². The fraction of sp³-hybridized carbons (Fsp3) is 0.154. The van der Waals surface area contributed by atoms with E-state index in [-0.39, 0.29) is 10.7 Å². The van der Waals surface area contributed by atoms with Crippen LogP contribution in [0.4, 0.5) is 0 Å². The first-order valence-electron chi connectivity index (χ1n) is 5.60. The van der Waals surface area contributed by atoms with Gasteiger partial charge in [0.15, 0.2) is 5.16 Å². The summed E-state index contributed by atoms with van der Waals surface area (Å²) in [6, 6.07) is 10.6. The Morgan fingerprint density at radius 1 is 1.37 bits per heavy atom. The maximum absolute atomic E-state index is 11.6. The van der Waals surface area contributed by atoms with Crippen molar-refractivity contribution in [2.75, 3.05) is 0 Å². The molecule has 0 saturated heterocycles. The van der Waals surface area contributed by atoms with Crippen molar-refractivity contribution < 1.29 is 9.90 Å². The molecule has 2 rings (SSSR count). The van der Waals surface area contributed by atoms with Crippen molar-refractivity contribution >= 4 is 17.7 Å². The van der Waals surface area contributed by atoms with Gasteiger partial charge in [-0.15, -0.1) is 0 Å². The summed E-state index contributed by atoms with van der Waals surface area (Å²) in [7, 11) is 0. The van der Waals surface area contributed by atoms with E-state index in [4.69, 9.17) is 0 Å². The molecule has 0 radical (unpaired) electrons. The highest BCUT2D eigenvalue weighted by Crippen LogP contribution is 2.21. The fourth-order valence-corrected chi connectivity index (χ4v) is 2.21. The second-order valence-corrected chi connectivity index (χ2v) is 5.21. The summed E-state index contributed by atoms with van der Waals surface area (Å²) < 4.78 is 0. The highest BCUT2D eigenvalue weighted by Gasteiger charge is 2.09. The van der Waals surface area contributed by atoms with Crippen LogP contribution in [0.5, 0.6) is 0 Å². The van der Waals surface area contributed by atoms with E-state index in [9.17, 15) is 14.7 Å². The molecule has 19 heavy (non-hydrogen) atoms. The Morgan fingerprint density at radius 3 is 2.68 bits per heavy atom. The second-order valence-electron chi connectivity index (χ2n) is 3.88. The molecule has 1 heterocycles. The highest BCUT2D eigenvalue weighted by atomic mass is 32.2. The van der Waals surface area contributed by atoms with Crippen molar-refractivity contribution in [2.24, 2.45) is 0 Å². The Labute approximate surface area is 113 Å². The fourth-order valence-electron chi connectivity index (χ4n) is 1.46. The number of aromatic nitrogens is 2. The van der Waals surface area contributed by atoms with Crippen molar-refractivity contribution in [2.45, 2.75) is 17.3 Å². The number of carbonyl (C=O) groups is 1. The lowest BCUT2D eigenvalue weighted by Gasteiger charge is -2.11. The molecular formula is C13H11N2O3S-. The topological polar surface area (TPSA) is 85.9 Å². The van der Waals surface area contributed by atoms with Crippen LogP contribution in [0.3, 0.4) is 0 Å². The molecule has 0 aliphatic heterocycles. The molecule has 0 spiro atoms. The number of benzene rings is 1. The smallest absolute Gasteiger partial charge is 0.252 e. The van der Waals surface area contributed by atoms with Crippen LogP contribution in [0.15, 0.2) is 46.3 Å². The highest BCUT2D eigenvalue weighted by molar-refractivity contribution is 8.00. The van der Waals surface area contributed by atoms with Gasteiger partial charge in [0.25, 0.3) is 5.56 Å². The van der Waals surface area contributed by atoms with Crippen LogP contribution < -0.4 is 10.7 Å². The van der Waals surface area contributed by atoms with E-state index in [1.807, 2.05) is 30.3 Å². The molecule has 0 aliphatic carbocycles. The molecule has 5 nitrogen and oxygen atoms in total. The minimum atomic E-state index is -1.20. The molecule has 1 aromatic carbocycles. The molecule has 2 aromatic rings. The van der Waals surface area contributed by atoms with Crippen LogP contribution in [0, 0.1) is 0 Å². The summed E-state index contributed by atoms with van der Waals surface area (Å²) in [5.41, 5.74) is 0.996. The van der Waals surface area contributed by atoms with Crippen LogP contribution in [0.25, 0.3) is 11.3 Å². The quantitative estimate of drug-likeness (QED) is 0.654. The third kappa shape index (κ3) is 3.45. The van der Waals surface area contributed by atoms with Crippen LogP contribution in [0.2, 0.25) is 0 Å². The lowest BCUT2D eigenvalue weighted by Crippen LogP contribution is -2.31. The average Bonchev–Trinajstić information content (AvgIpc) is 2.39. The Morgan fingerprint density at radius 2 is 2.05 bits per heavy atom. The molecule has 0 unspecified atom stereocenters. The second kappa shape index (κ2) is 5.71. The third-order valence-corrected chi connectivity index (χ3v) is 3.37. The molecular weight excluding hydrogens is 264 g/mol. The largest absolute Gasteiger partial charge is 0.549 e. The van der Waals surface area contributed by atoms with Gasteiger partial charge in [0, 0.05) is 16.9 Å². The number of carboxylic acids is 1. The van der Waals surface area contributed by atoms with Crippen LogP contribution >= 0.6 is 11.8 Å². The molecule has 1 atom stereocenters. The first-order valence-corrected chi connectivity index (χ1v) is 6.48. The van der Waals surface area contributed by atoms with Gasteiger partial charge >= 0.3 is 0 Å². The van der Waals surface area contributed by atoms with E-state index >= 15 is 0 Å². The minimum Gasteiger partial charge on any atom is -0.549 e. The van der Waals surface area contributed by atoms with Crippen molar-refractivity contribution in [3.8, 4) is 11.3 Å². The number of thioether (sulfide) groups is 1. The molecule has 0 aliphatic rings. The standard InChI is InChI=1S/C13H12N2O3S/c1-8(12(17)18)19-13-14-10(7-11(16)15-13)9-5-3-2-4-6-9/h2-8H,1H3,(H,17,18)(H,14,15,16)/p-1/t8-/m1/s1. The average molecular weight is 275 g/mol. The maximum Gasteiger partial charge on any atom is 0.252 e. The van der Waals surface area contributed by atoms with Crippen LogP contribution in [-0.2, 0) is 4.79 Å². The van der Waals surface area contributed by atoms with E-state index in [0.29, 0.717) is 5.69 Å². The van der Waals surface area contributed by atoms with Gasteiger partial charge in [0.1, 0.15) is 0 Å². The van der Waals surface area contributed by atoms with Gasteiger partial charge in [-0.05, 0) is 6.92 Å². The van der Waals surface area contributed by atoms with Crippen LogP contribution in [0.1, 0.15) is 6.92 Å². The number of hydrogen-bond acceptors (Lipinski definition) is 5.